The molecule has 0 saturated carbocycles. The highest BCUT2D eigenvalue weighted by Crippen LogP contribution is 2.31. The van der Waals surface area contributed by atoms with Crippen molar-refractivity contribution in [2.75, 3.05) is 13.7 Å². The van der Waals surface area contributed by atoms with Crippen molar-refractivity contribution < 1.29 is 19.4 Å². The van der Waals surface area contributed by atoms with Gasteiger partial charge in [0.1, 0.15) is 6.04 Å². The van der Waals surface area contributed by atoms with Crippen LogP contribution in [0.15, 0.2) is 12.1 Å². The fraction of sp³-hybridized carbons (Fsp3) is 0.462. The fourth-order valence-corrected chi connectivity index (χ4v) is 2.11. The monoisotopic (exact) mass is 251 g/mol. The molecule has 2 rings (SSSR count). The molecule has 98 valence electrons. The Morgan fingerprint density at radius 2 is 2.28 bits per heavy atom. The lowest BCUT2D eigenvalue weighted by atomic mass is 9.95. The van der Waals surface area contributed by atoms with E-state index in [4.69, 9.17) is 9.47 Å². The molecule has 1 aliphatic rings. The summed E-state index contributed by atoms with van der Waals surface area (Å²) in [6.45, 7) is 2.70. The number of phenolic OH excluding ortho intramolecular Hbond substituents is 1. The summed E-state index contributed by atoms with van der Waals surface area (Å²) >= 11 is 0. The van der Waals surface area contributed by atoms with E-state index in [9.17, 15) is 9.90 Å². The molecule has 1 aromatic rings. The van der Waals surface area contributed by atoms with Crippen LogP contribution in [0.3, 0.4) is 0 Å². The lowest BCUT2D eigenvalue weighted by Crippen LogP contribution is -2.42. The molecular formula is C13H17NO4. The maximum atomic E-state index is 11.7. The van der Waals surface area contributed by atoms with Crippen LogP contribution in [0, 0.1) is 0 Å². The van der Waals surface area contributed by atoms with Gasteiger partial charge in [-0.05, 0) is 36.6 Å². The number of phenols is 1. The summed E-state index contributed by atoms with van der Waals surface area (Å²) < 4.78 is 10.1. The predicted molar refractivity (Wildman–Crippen MR) is 65.6 cm³/mol. The Labute approximate surface area is 106 Å². The number of carbonyl (C=O) groups excluding carboxylic acids is 1. The van der Waals surface area contributed by atoms with E-state index in [1.165, 1.54) is 7.11 Å². The highest BCUT2D eigenvalue weighted by atomic mass is 16.5. The summed E-state index contributed by atoms with van der Waals surface area (Å²) in [5.41, 5.74) is 1.98. The van der Waals surface area contributed by atoms with Crippen molar-refractivity contribution >= 4 is 5.97 Å². The number of benzene rings is 1. The number of fused-ring (bicyclic) bond motifs is 1. The van der Waals surface area contributed by atoms with Gasteiger partial charge in [0.15, 0.2) is 11.5 Å². The summed E-state index contributed by atoms with van der Waals surface area (Å²) in [6.07, 6.45) is 0.546. The molecule has 1 heterocycles. The van der Waals surface area contributed by atoms with E-state index in [1.54, 1.807) is 19.1 Å². The largest absolute Gasteiger partial charge is 0.504 e. The van der Waals surface area contributed by atoms with Crippen molar-refractivity contribution in [1.29, 1.82) is 0 Å². The minimum atomic E-state index is -0.327. The van der Waals surface area contributed by atoms with Crippen LogP contribution in [0.2, 0.25) is 0 Å². The second-order valence-electron chi connectivity index (χ2n) is 4.18. The Morgan fingerprint density at radius 1 is 1.50 bits per heavy atom. The van der Waals surface area contributed by atoms with E-state index < -0.39 is 0 Å². The van der Waals surface area contributed by atoms with Gasteiger partial charge in [-0.15, -0.1) is 0 Å². The second-order valence-corrected chi connectivity index (χ2v) is 4.18. The molecule has 5 heteroatoms. The van der Waals surface area contributed by atoms with Crippen molar-refractivity contribution in [2.24, 2.45) is 0 Å². The first kappa shape index (κ1) is 12.7. The molecule has 0 spiro atoms. The minimum absolute atomic E-state index is 0.118. The van der Waals surface area contributed by atoms with Gasteiger partial charge in [-0.1, -0.05) is 0 Å². The lowest BCUT2D eigenvalue weighted by molar-refractivity contribution is -0.145. The first-order chi connectivity index (χ1) is 8.65. The SMILES string of the molecule is CCOC(=O)C1Cc2cc(OC)c(O)cc2CN1. The Hall–Kier alpha value is -1.75. The average Bonchev–Trinajstić information content (AvgIpc) is 2.37. The molecule has 0 bridgehead atoms. The van der Waals surface area contributed by atoms with Gasteiger partial charge in [-0.25, -0.2) is 0 Å². The Morgan fingerprint density at radius 3 is 2.94 bits per heavy atom. The molecule has 0 saturated heterocycles. The second kappa shape index (κ2) is 5.27. The van der Waals surface area contributed by atoms with Crippen molar-refractivity contribution in [3.63, 3.8) is 0 Å². The molecule has 18 heavy (non-hydrogen) atoms. The molecule has 2 N–H and O–H groups in total. The third-order valence-corrected chi connectivity index (χ3v) is 3.04. The van der Waals surface area contributed by atoms with E-state index in [-0.39, 0.29) is 17.8 Å². The van der Waals surface area contributed by atoms with Crippen LogP contribution < -0.4 is 10.1 Å². The minimum Gasteiger partial charge on any atom is -0.504 e. The van der Waals surface area contributed by atoms with Crippen LogP contribution in [0.25, 0.3) is 0 Å². The van der Waals surface area contributed by atoms with E-state index in [1.807, 2.05) is 0 Å². The van der Waals surface area contributed by atoms with Crippen LogP contribution in [0.4, 0.5) is 0 Å². The van der Waals surface area contributed by atoms with Crippen molar-refractivity contribution in [3.8, 4) is 11.5 Å². The van der Waals surface area contributed by atoms with Crippen LogP contribution in [-0.4, -0.2) is 30.8 Å². The lowest BCUT2D eigenvalue weighted by Gasteiger charge is -2.25. The predicted octanol–water partition coefficient (Wildman–Crippen LogP) is 0.978. The maximum Gasteiger partial charge on any atom is 0.323 e. The number of rotatable bonds is 3. The number of carbonyl (C=O) groups is 1. The molecular weight excluding hydrogens is 234 g/mol. The first-order valence-electron chi connectivity index (χ1n) is 5.94. The molecule has 1 aliphatic heterocycles. The molecule has 0 fully saturated rings. The standard InChI is InChI=1S/C13H17NO4/c1-3-18-13(16)10-4-8-6-12(17-2)11(15)5-9(8)7-14-10/h5-6,10,14-15H,3-4,7H2,1-2H3. The van der Waals surface area contributed by atoms with Crippen LogP contribution >= 0.6 is 0 Å². The summed E-state index contributed by atoms with van der Waals surface area (Å²) in [6, 6.07) is 3.12. The van der Waals surface area contributed by atoms with Gasteiger partial charge in [0.05, 0.1) is 13.7 Å². The topological polar surface area (TPSA) is 67.8 Å². The molecule has 0 amide bonds. The molecule has 0 aliphatic carbocycles. The van der Waals surface area contributed by atoms with E-state index in [2.05, 4.69) is 5.32 Å². The Kier molecular flexibility index (Phi) is 3.72. The van der Waals surface area contributed by atoms with Crippen molar-refractivity contribution in [2.45, 2.75) is 25.9 Å². The van der Waals surface area contributed by atoms with Gasteiger partial charge in [0.2, 0.25) is 0 Å². The number of nitrogens with one attached hydrogen (secondary N) is 1. The summed E-state index contributed by atoms with van der Waals surface area (Å²) in [7, 11) is 1.51. The smallest absolute Gasteiger partial charge is 0.323 e. The van der Waals surface area contributed by atoms with Crippen LogP contribution in [0.1, 0.15) is 18.1 Å². The zero-order chi connectivity index (χ0) is 13.1. The van der Waals surface area contributed by atoms with Crippen LogP contribution in [-0.2, 0) is 22.5 Å². The summed E-state index contributed by atoms with van der Waals surface area (Å²) in [5.74, 6) is 0.307. The maximum absolute atomic E-state index is 11.7. The summed E-state index contributed by atoms with van der Waals surface area (Å²) in [5, 5.41) is 12.8. The number of ether oxygens (including phenoxy) is 2. The number of esters is 1. The van der Waals surface area contributed by atoms with E-state index in [0.29, 0.717) is 25.3 Å². The average molecular weight is 251 g/mol. The fourth-order valence-electron chi connectivity index (χ4n) is 2.11. The van der Waals surface area contributed by atoms with Crippen LogP contribution in [0.5, 0.6) is 11.5 Å². The number of hydrogen-bond acceptors (Lipinski definition) is 5. The Balaban J connectivity index is 2.20. The third kappa shape index (κ3) is 2.41. The highest BCUT2D eigenvalue weighted by Gasteiger charge is 2.26. The molecule has 1 unspecified atom stereocenters. The van der Waals surface area contributed by atoms with Gasteiger partial charge < -0.3 is 19.9 Å². The van der Waals surface area contributed by atoms with E-state index in [0.717, 1.165) is 11.1 Å². The number of methoxy groups -OCH3 is 1. The normalized spacial score (nSPS) is 18.0. The summed E-state index contributed by atoms with van der Waals surface area (Å²) in [4.78, 5) is 11.7. The molecule has 0 aromatic heterocycles. The van der Waals surface area contributed by atoms with Gasteiger partial charge in [0.25, 0.3) is 0 Å². The van der Waals surface area contributed by atoms with Gasteiger partial charge in [-0.3, -0.25) is 4.79 Å². The molecule has 5 nitrogen and oxygen atoms in total. The molecule has 0 radical (unpaired) electrons. The van der Waals surface area contributed by atoms with E-state index >= 15 is 0 Å². The zero-order valence-electron chi connectivity index (χ0n) is 10.5. The highest BCUT2D eigenvalue weighted by molar-refractivity contribution is 5.76. The van der Waals surface area contributed by atoms with Gasteiger partial charge in [-0.2, -0.15) is 0 Å². The third-order valence-electron chi connectivity index (χ3n) is 3.04. The van der Waals surface area contributed by atoms with Crippen molar-refractivity contribution in [3.05, 3.63) is 23.3 Å². The number of hydrogen-bond donors (Lipinski definition) is 2. The molecule has 1 aromatic carbocycles. The number of aromatic hydroxyl groups is 1. The van der Waals surface area contributed by atoms with Gasteiger partial charge >= 0.3 is 5.97 Å². The first-order valence-corrected chi connectivity index (χ1v) is 5.94. The van der Waals surface area contributed by atoms with Gasteiger partial charge in [0, 0.05) is 6.54 Å². The zero-order valence-corrected chi connectivity index (χ0v) is 10.5. The molecule has 1 atom stereocenters. The van der Waals surface area contributed by atoms with Crippen molar-refractivity contribution in [1.82, 2.24) is 5.32 Å². The Bertz CT molecular complexity index is 459. The quantitative estimate of drug-likeness (QED) is 0.784.